The molecule has 206 valence electrons. The van der Waals surface area contributed by atoms with Crippen LogP contribution >= 0.6 is 0 Å². The third-order valence-corrected chi connectivity index (χ3v) is 9.95. The first-order valence-electron chi connectivity index (χ1n) is 13.6. The van der Waals surface area contributed by atoms with E-state index >= 15 is 0 Å². The Kier molecular flexibility index (Phi) is 6.63. The van der Waals surface area contributed by atoms with Crippen molar-refractivity contribution < 1.29 is 17.9 Å². The van der Waals surface area contributed by atoms with Gasteiger partial charge in [-0.1, -0.05) is 12.0 Å². The molecular formula is C28H34N6O4S. The predicted molar refractivity (Wildman–Crippen MR) is 149 cm³/mol. The van der Waals surface area contributed by atoms with Crippen LogP contribution in [0.15, 0.2) is 18.5 Å². The second-order valence-electron chi connectivity index (χ2n) is 10.9. The van der Waals surface area contributed by atoms with Crippen molar-refractivity contribution in [2.24, 2.45) is 0 Å². The number of fused-ring (bicyclic) bond motifs is 2. The Labute approximate surface area is 229 Å². The number of likely N-dealkylation sites (tertiary alicyclic amines) is 2. The van der Waals surface area contributed by atoms with Crippen LogP contribution in [0.2, 0.25) is 0 Å². The van der Waals surface area contributed by atoms with Gasteiger partial charge in [-0.3, -0.25) is 9.69 Å². The molecule has 2 aromatic rings. The molecule has 0 bridgehead atoms. The number of aromatic nitrogens is 2. The Hall–Kier alpha value is -3.36. The van der Waals surface area contributed by atoms with Crippen molar-refractivity contribution in [2.75, 3.05) is 61.0 Å². The number of hydrogen-bond acceptors (Lipinski definition) is 9. The number of sulfone groups is 1. The number of anilines is 3. The van der Waals surface area contributed by atoms with Crippen LogP contribution < -0.4 is 15.0 Å². The average molecular weight is 551 g/mol. The fraction of sp³-hybridized carbons (Fsp3) is 0.536. The van der Waals surface area contributed by atoms with Gasteiger partial charge >= 0.3 is 0 Å². The average Bonchev–Trinajstić information content (AvgIpc) is 3.29. The summed E-state index contributed by atoms with van der Waals surface area (Å²) < 4.78 is 30.4. The normalized spacial score (nSPS) is 24.3. The van der Waals surface area contributed by atoms with Crippen LogP contribution in [0.5, 0.6) is 5.75 Å². The van der Waals surface area contributed by atoms with Crippen LogP contribution in [-0.4, -0.2) is 90.9 Å². The van der Waals surface area contributed by atoms with Gasteiger partial charge in [0.1, 0.15) is 29.8 Å². The Morgan fingerprint density at radius 3 is 2.64 bits per heavy atom. The first kappa shape index (κ1) is 25.9. The van der Waals surface area contributed by atoms with Crippen molar-refractivity contribution in [1.82, 2.24) is 19.8 Å². The number of nitrogens with one attached hydrogen (secondary N) is 1. The SMILES string of the molecule is CC#CC(=O)N1CCC(N2CC(c3cc(C)c4c(c3)Nc3ncnc(N5CCS(=O)(=O)CC5)c3[C@@H](C)O4)C2)C1. The lowest BCUT2D eigenvalue weighted by molar-refractivity contribution is -0.124. The van der Waals surface area contributed by atoms with Crippen LogP contribution in [0.4, 0.5) is 17.3 Å². The van der Waals surface area contributed by atoms with E-state index in [1.54, 1.807) is 6.92 Å². The number of carbonyl (C=O) groups excluding carboxylic acids is 1. The molecule has 1 amide bonds. The second-order valence-corrected chi connectivity index (χ2v) is 13.2. The van der Waals surface area contributed by atoms with Crippen molar-refractivity contribution in [3.63, 3.8) is 0 Å². The van der Waals surface area contributed by atoms with Gasteiger partial charge in [0, 0.05) is 51.2 Å². The summed E-state index contributed by atoms with van der Waals surface area (Å²) in [5.41, 5.74) is 4.04. The molecule has 0 saturated carbocycles. The molecule has 1 aromatic carbocycles. The highest BCUT2D eigenvalue weighted by molar-refractivity contribution is 7.91. The van der Waals surface area contributed by atoms with Crippen LogP contribution in [0.1, 0.15) is 49.0 Å². The smallest absolute Gasteiger partial charge is 0.298 e. The van der Waals surface area contributed by atoms with E-state index in [0.717, 1.165) is 61.0 Å². The topological polar surface area (TPSA) is 108 Å². The van der Waals surface area contributed by atoms with Crippen molar-refractivity contribution in [2.45, 2.75) is 45.3 Å². The predicted octanol–water partition coefficient (Wildman–Crippen LogP) is 2.24. The Balaban J connectivity index is 1.19. The van der Waals surface area contributed by atoms with Crippen molar-refractivity contribution in [3.8, 4) is 17.6 Å². The lowest BCUT2D eigenvalue weighted by Crippen LogP contribution is -2.51. The molecule has 1 aromatic heterocycles. The monoisotopic (exact) mass is 550 g/mol. The van der Waals surface area contributed by atoms with Crippen LogP contribution in [-0.2, 0) is 14.6 Å². The molecule has 11 heteroatoms. The van der Waals surface area contributed by atoms with E-state index in [1.165, 1.54) is 11.9 Å². The molecule has 39 heavy (non-hydrogen) atoms. The van der Waals surface area contributed by atoms with E-state index in [1.807, 2.05) is 16.7 Å². The van der Waals surface area contributed by atoms with Gasteiger partial charge in [-0.15, -0.1) is 0 Å². The van der Waals surface area contributed by atoms with E-state index in [2.05, 4.69) is 51.1 Å². The zero-order chi connectivity index (χ0) is 27.3. The summed E-state index contributed by atoms with van der Waals surface area (Å²) in [7, 11) is -3.00. The molecule has 2 atom stereocenters. The third-order valence-electron chi connectivity index (χ3n) is 8.34. The highest BCUT2D eigenvalue weighted by atomic mass is 32.2. The van der Waals surface area contributed by atoms with E-state index in [9.17, 15) is 13.2 Å². The number of hydrogen-bond donors (Lipinski definition) is 1. The lowest BCUT2D eigenvalue weighted by Gasteiger charge is -2.43. The minimum Gasteiger partial charge on any atom is -0.483 e. The van der Waals surface area contributed by atoms with Crippen LogP contribution in [0.3, 0.4) is 0 Å². The van der Waals surface area contributed by atoms with Gasteiger partial charge in [0.2, 0.25) is 0 Å². The van der Waals surface area contributed by atoms with E-state index < -0.39 is 9.84 Å². The molecular weight excluding hydrogens is 516 g/mol. The molecule has 4 aliphatic rings. The molecule has 0 aliphatic carbocycles. The number of amides is 1. The molecule has 3 fully saturated rings. The zero-order valence-electron chi connectivity index (χ0n) is 22.6. The van der Waals surface area contributed by atoms with Gasteiger partial charge in [0.05, 0.1) is 22.8 Å². The Morgan fingerprint density at radius 2 is 1.90 bits per heavy atom. The highest BCUT2D eigenvalue weighted by Gasteiger charge is 2.38. The molecule has 0 spiro atoms. The van der Waals surface area contributed by atoms with Crippen molar-refractivity contribution in [3.05, 3.63) is 35.2 Å². The van der Waals surface area contributed by atoms with Gasteiger partial charge < -0.3 is 19.9 Å². The molecule has 1 N–H and O–H groups in total. The maximum Gasteiger partial charge on any atom is 0.298 e. The number of aryl methyl sites for hydroxylation is 1. The summed E-state index contributed by atoms with van der Waals surface area (Å²) >= 11 is 0. The van der Waals surface area contributed by atoms with E-state index in [0.29, 0.717) is 30.9 Å². The number of nitrogens with zero attached hydrogens (tertiary/aromatic N) is 5. The maximum absolute atomic E-state index is 12.1. The summed E-state index contributed by atoms with van der Waals surface area (Å²) in [6.07, 6.45) is 2.21. The summed E-state index contributed by atoms with van der Waals surface area (Å²) in [5, 5.41) is 3.52. The lowest BCUT2D eigenvalue weighted by atomic mass is 9.88. The van der Waals surface area contributed by atoms with Gasteiger partial charge in [-0.05, 0) is 50.3 Å². The standard InChI is InChI=1S/C28H34N6O4S/c1-4-5-24(35)33-7-6-22(16-33)34-14-21(15-34)20-12-18(2)26-23(13-20)31-27-25(19(3)38-26)28(30-17-29-27)32-8-10-39(36,37)11-9-32/h12-13,17,19,21-22H,6-11,14-16H2,1-3H3,(H,29,30,31)/t19-,22?/m1/s1. The number of benzene rings is 1. The molecule has 5 heterocycles. The van der Waals surface area contributed by atoms with Crippen molar-refractivity contribution >= 4 is 33.1 Å². The molecule has 1 unspecified atom stereocenters. The van der Waals surface area contributed by atoms with E-state index in [-0.39, 0.29) is 23.5 Å². The van der Waals surface area contributed by atoms with Crippen molar-refractivity contribution in [1.29, 1.82) is 0 Å². The molecule has 10 nitrogen and oxygen atoms in total. The van der Waals surface area contributed by atoms with Gasteiger partial charge in [0.15, 0.2) is 9.84 Å². The van der Waals surface area contributed by atoms with E-state index in [4.69, 9.17) is 4.74 Å². The number of rotatable bonds is 3. The molecule has 0 radical (unpaired) electrons. The second kappa shape index (κ2) is 9.99. The maximum atomic E-state index is 12.1. The molecule has 6 rings (SSSR count). The Bertz CT molecular complexity index is 1460. The molecule has 3 saturated heterocycles. The fourth-order valence-corrected chi connectivity index (χ4v) is 7.32. The Morgan fingerprint density at radius 1 is 1.13 bits per heavy atom. The quantitative estimate of drug-likeness (QED) is 0.576. The van der Waals surface area contributed by atoms with Gasteiger partial charge in [0.25, 0.3) is 5.91 Å². The van der Waals surface area contributed by atoms with Gasteiger partial charge in [-0.25, -0.2) is 18.4 Å². The third kappa shape index (κ3) is 4.92. The number of carbonyl (C=O) groups is 1. The summed E-state index contributed by atoms with van der Waals surface area (Å²) in [4.78, 5) is 27.6. The fourth-order valence-electron chi connectivity index (χ4n) is 6.12. The summed E-state index contributed by atoms with van der Waals surface area (Å²) in [6.45, 7) is 10.0. The summed E-state index contributed by atoms with van der Waals surface area (Å²) in [5.74, 6) is 8.17. The number of ether oxygens (including phenoxy) is 1. The zero-order valence-corrected chi connectivity index (χ0v) is 23.4. The first-order valence-corrected chi connectivity index (χ1v) is 15.4. The molecule has 4 aliphatic heterocycles. The minimum absolute atomic E-state index is 0.0729. The van der Waals surface area contributed by atoms with Gasteiger partial charge in [-0.2, -0.15) is 0 Å². The largest absolute Gasteiger partial charge is 0.483 e. The highest BCUT2D eigenvalue weighted by Crippen LogP contribution is 2.45. The minimum atomic E-state index is -3.00. The van der Waals surface area contributed by atoms with Crippen LogP contribution in [0, 0.1) is 18.8 Å². The van der Waals surface area contributed by atoms with Crippen LogP contribution in [0.25, 0.3) is 0 Å². The summed E-state index contributed by atoms with van der Waals surface area (Å²) in [6, 6.07) is 4.78. The first-order chi connectivity index (χ1) is 18.7.